The average Bonchev–Trinajstić information content (AvgIpc) is 3.01. The SMILES string of the molecule is CC(=O)OCCC(C)(C)C(=O)OC1[C@H](Sc2ccccc2)OC2COC(c3ccccc3)O[C@H]2[C@H]1OCc1ccccc1. The molecule has 0 aromatic heterocycles. The van der Waals surface area contributed by atoms with E-state index in [0.717, 1.165) is 16.0 Å². The first-order valence-electron chi connectivity index (χ1n) is 14.5. The van der Waals surface area contributed by atoms with Gasteiger partial charge in [-0.1, -0.05) is 90.6 Å². The molecule has 3 aromatic carbocycles. The quantitative estimate of drug-likeness (QED) is 0.241. The minimum Gasteiger partial charge on any atom is -0.466 e. The fourth-order valence-corrected chi connectivity index (χ4v) is 6.10. The van der Waals surface area contributed by atoms with Crippen molar-refractivity contribution in [1.29, 1.82) is 0 Å². The Hall–Kier alpha value is -3.21. The molecule has 0 aliphatic carbocycles. The Bertz CT molecular complexity index is 1320. The van der Waals surface area contributed by atoms with Crippen LogP contribution in [0, 0.1) is 5.41 Å². The molecule has 6 atom stereocenters. The van der Waals surface area contributed by atoms with E-state index in [1.165, 1.54) is 18.7 Å². The summed E-state index contributed by atoms with van der Waals surface area (Å²) in [7, 11) is 0. The molecule has 0 N–H and O–H groups in total. The Kier molecular flexibility index (Phi) is 10.5. The van der Waals surface area contributed by atoms with Crippen molar-refractivity contribution in [3.05, 3.63) is 102 Å². The third-order valence-corrected chi connectivity index (χ3v) is 8.62. The summed E-state index contributed by atoms with van der Waals surface area (Å²) in [6.07, 6.45) is -2.82. The van der Waals surface area contributed by atoms with E-state index in [1.807, 2.05) is 91.0 Å². The van der Waals surface area contributed by atoms with E-state index in [2.05, 4.69) is 0 Å². The lowest BCUT2D eigenvalue weighted by Gasteiger charge is -2.49. The molecule has 0 spiro atoms. The molecule has 43 heavy (non-hydrogen) atoms. The van der Waals surface area contributed by atoms with Crippen molar-refractivity contribution >= 4 is 23.7 Å². The number of benzene rings is 3. The zero-order chi connectivity index (χ0) is 30.2. The molecule has 0 bridgehead atoms. The largest absolute Gasteiger partial charge is 0.466 e. The zero-order valence-electron chi connectivity index (χ0n) is 24.6. The van der Waals surface area contributed by atoms with Crippen LogP contribution in [-0.2, 0) is 44.6 Å². The van der Waals surface area contributed by atoms with Crippen molar-refractivity contribution in [2.75, 3.05) is 13.2 Å². The molecule has 3 unspecified atom stereocenters. The van der Waals surface area contributed by atoms with Crippen molar-refractivity contribution in [1.82, 2.24) is 0 Å². The Morgan fingerprint density at radius 3 is 2.21 bits per heavy atom. The summed E-state index contributed by atoms with van der Waals surface area (Å²) < 4.78 is 37.3. The van der Waals surface area contributed by atoms with Crippen molar-refractivity contribution in [3.8, 4) is 0 Å². The van der Waals surface area contributed by atoms with Crippen LogP contribution in [0.15, 0.2) is 95.9 Å². The maximum Gasteiger partial charge on any atom is 0.312 e. The van der Waals surface area contributed by atoms with E-state index in [4.69, 9.17) is 28.4 Å². The van der Waals surface area contributed by atoms with Gasteiger partial charge < -0.3 is 28.4 Å². The lowest BCUT2D eigenvalue weighted by Crippen LogP contribution is -2.63. The van der Waals surface area contributed by atoms with Gasteiger partial charge in [0.15, 0.2) is 12.4 Å². The molecule has 2 aliphatic rings. The van der Waals surface area contributed by atoms with Crippen LogP contribution in [-0.4, -0.2) is 55.0 Å². The fourth-order valence-electron chi connectivity index (χ4n) is 4.97. The standard InChI is InChI=1S/C34H38O8S/c1-23(35)37-20-19-34(2,3)33(36)42-30-29(38-21-24-13-7-4-8-14-24)28-27(40-32(30)43-26-17-11-6-12-18-26)22-39-31(41-28)25-15-9-5-10-16-25/h4-18,27-32H,19-22H2,1-3H3/t27?,28-,29-,30?,31?,32+/m1/s1. The molecule has 0 amide bonds. The van der Waals surface area contributed by atoms with Crippen molar-refractivity contribution in [2.45, 2.75) is 74.8 Å². The van der Waals surface area contributed by atoms with Crippen LogP contribution in [0.2, 0.25) is 0 Å². The van der Waals surface area contributed by atoms with E-state index in [9.17, 15) is 9.59 Å². The zero-order valence-corrected chi connectivity index (χ0v) is 25.4. The third kappa shape index (κ3) is 8.25. The molecule has 8 nitrogen and oxygen atoms in total. The minimum atomic E-state index is -0.929. The van der Waals surface area contributed by atoms with E-state index in [0.29, 0.717) is 13.0 Å². The van der Waals surface area contributed by atoms with Crippen molar-refractivity contribution in [2.24, 2.45) is 5.41 Å². The van der Waals surface area contributed by atoms with E-state index in [1.54, 1.807) is 13.8 Å². The fraction of sp³-hybridized carbons (Fsp3) is 0.412. The lowest BCUT2D eigenvalue weighted by molar-refractivity contribution is -0.326. The second-order valence-corrected chi connectivity index (χ2v) is 12.4. The highest BCUT2D eigenvalue weighted by atomic mass is 32.2. The Morgan fingerprint density at radius 2 is 1.53 bits per heavy atom. The molecule has 2 aliphatic heterocycles. The van der Waals surface area contributed by atoms with Gasteiger partial charge in [0.05, 0.1) is 25.2 Å². The van der Waals surface area contributed by atoms with Gasteiger partial charge in [-0.25, -0.2) is 0 Å². The highest BCUT2D eigenvalue weighted by Crippen LogP contribution is 2.42. The second kappa shape index (κ2) is 14.5. The van der Waals surface area contributed by atoms with Gasteiger partial charge in [0.25, 0.3) is 0 Å². The molecule has 2 saturated heterocycles. The van der Waals surface area contributed by atoms with Gasteiger partial charge in [-0.15, -0.1) is 0 Å². The molecule has 228 valence electrons. The van der Waals surface area contributed by atoms with Crippen LogP contribution < -0.4 is 0 Å². The highest BCUT2D eigenvalue weighted by molar-refractivity contribution is 7.99. The van der Waals surface area contributed by atoms with Crippen LogP contribution in [0.3, 0.4) is 0 Å². The number of esters is 2. The first-order valence-corrected chi connectivity index (χ1v) is 15.4. The van der Waals surface area contributed by atoms with E-state index in [-0.39, 0.29) is 13.2 Å². The normalized spacial score (nSPS) is 25.4. The Morgan fingerprint density at radius 1 is 0.884 bits per heavy atom. The number of carbonyl (C=O) groups excluding carboxylic acids is 2. The molecule has 3 aromatic rings. The maximum atomic E-state index is 13.7. The van der Waals surface area contributed by atoms with Gasteiger partial charge in [-0.3, -0.25) is 9.59 Å². The van der Waals surface area contributed by atoms with Gasteiger partial charge >= 0.3 is 11.9 Å². The number of hydrogen-bond acceptors (Lipinski definition) is 9. The van der Waals surface area contributed by atoms with E-state index >= 15 is 0 Å². The Balaban J connectivity index is 1.44. The predicted molar refractivity (Wildman–Crippen MR) is 161 cm³/mol. The molecule has 9 heteroatoms. The molecular weight excluding hydrogens is 568 g/mol. The maximum absolute atomic E-state index is 13.7. The average molecular weight is 607 g/mol. The number of rotatable bonds is 11. The summed E-state index contributed by atoms with van der Waals surface area (Å²) >= 11 is 1.47. The molecular formula is C34H38O8S. The van der Waals surface area contributed by atoms with Crippen molar-refractivity contribution in [3.63, 3.8) is 0 Å². The van der Waals surface area contributed by atoms with Gasteiger partial charge in [0, 0.05) is 17.4 Å². The first-order chi connectivity index (χ1) is 20.8. The topological polar surface area (TPSA) is 89.5 Å². The monoisotopic (exact) mass is 606 g/mol. The third-order valence-electron chi connectivity index (χ3n) is 7.46. The second-order valence-electron chi connectivity index (χ2n) is 11.3. The first kappa shape index (κ1) is 31.2. The summed E-state index contributed by atoms with van der Waals surface area (Å²) in [5, 5.41) is 0. The molecule has 5 rings (SSSR count). The summed E-state index contributed by atoms with van der Waals surface area (Å²) in [5.74, 6) is -0.834. The molecule has 0 radical (unpaired) electrons. The number of hydrogen-bond donors (Lipinski definition) is 0. The van der Waals surface area contributed by atoms with Gasteiger partial charge in [0.1, 0.15) is 23.7 Å². The molecule has 2 fully saturated rings. The van der Waals surface area contributed by atoms with Crippen LogP contribution in [0.4, 0.5) is 0 Å². The smallest absolute Gasteiger partial charge is 0.312 e. The molecule has 0 saturated carbocycles. The van der Waals surface area contributed by atoms with E-state index < -0.39 is 53.5 Å². The van der Waals surface area contributed by atoms with Crippen molar-refractivity contribution < 1.29 is 38.0 Å². The number of thioether (sulfide) groups is 1. The summed E-state index contributed by atoms with van der Waals surface area (Å²) in [6, 6.07) is 29.4. The molecule has 2 heterocycles. The summed E-state index contributed by atoms with van der Waals surface area (Å²) in [6.45, 7) is 5.59. The number of fused-ring (bicyclic) bond motifs is 1. The Labute approximate surface area is 257 Å². The van der Waals surface area contributed by atoms with Gasteiger partial charge in [-0.05, 0) is 38.0 Å². The van der Waals surface area contributed by atoms with Gasteiger partial charge in [-0.2, -0.15) is 0 Å². The van der Waals surface area contributed by atoms with Crippen LogP contribution in [0.1, 0.15) is 44.6 Å². The van der Waals surface area contributed by atoms with Gasteiger partial charge in [0.2, 0.25) is 0 Å². The summed E-state index contributed by atoms with van der Waals surface area (Å²) in [5.41, 5.74) is 0.333. The van der Waals surface area contributed by atoms with Crippen LogP contribution in [0.25, 0.3) is 0 Å². The highest BCUT2D eigenvalue weighted by Gasteiger charge is 2.53. The lowest BCUT2D eigenvalue weighted by atomic mass is 9.89. The predicted octanol–water partition coefficient (Wildman–Crippen LogP) is 6.09. The number of ether oxygens (including phenoxy) is 6. The van der Waals surface area contributed by atoms with Crippen LogP contribution in [0.5, 0.6) is 0 Å². The summed E-state index contributed by atoms with van der Waals surface area (Å²) in [4.78, 5) is 26.0. The minimum absolute atomic E-state index is 0.110. The van der Waals surface area contributed by atoms with Crippen LogP contribution >= 0.6 is 11.8 Å². The number of carbonyl (C=O) groups is 2.